The standard InChI is InChI=1S/C35H36ClF2N5O4/c1-7-25(45)41-15-20-11-12-47-34-32(42(20)14-19(41)6)21-13-22(36)26(27-23(37)9-8-10-24(27)44)28(38)31(21)43(35(34)46)33-29(17(2)3)39-16-40-30(33)18(4)5/h7-10,13,16-20,44H,1,11-12,14-15H2,2-6H3. The van der Waals surface area contributed by atoms with Crippen LogP contribution in [0.3, 0.4) is 0 Å². The first-order valence-electron chi connectivity index (χ1n) is 15.6. The van der Waals surface area contributed by atoms with Gasteiger partial charge in [-0.25, -0.2) is 18.7 Å². The molecule has 2 atom stereocenters. The Labute approximate surface area is 276 Å². The molecule has 0 bridgehead atoms. The van der Waals surface area contributed by atoms with Gasteiger partial charge in [0.2, 0.25) is 11.7 Å². The molecule has 1 fully saturated rings. The number of nitrogens with zero attached hydrogens (tertiary/aromatic N) is 5. The van der Waals surface area contributed by atoms with Crippen LogP contribution in [-0.2, 0) is 4.79 Å². The van der Waals surface area contributed by atoms with Gasteiger partial charge < -0.3 is 19.6 Å². The van der Waals surface area contributed by atoms with Crippen LogP contribution in [-0.4, -0.2) is 62.2 Å². The molecular weight excluding hydrogens is 628 g/mol. The quantitative estimate of drug-likeness (QED) is 0.237. The summed E-state index contributed by atoms with van der Waals surface area (Å²) in [5, 5.41) is 10.8. The Morgan fingerprint density at radius 2 is 1.79 bits per heavy atom. The highest BCUT2D eigenvalue weighted by molar-refractivity contribution is 6.34. The van der Waals surface area contributed by atoms with Gasteiger partial charge in [-0.1, -0.05) is 51.9 Å². The van der Waals surface area contributed by atoms with E-state index in [9.17, 15) is 14.7 Å². The van der Waals surface area contributed by atoms with Crippen LogP contribution in [0.25, 0.3) is 27.7 Å². The molecule has 4 heterocycles. The van der Waals surface area contributed by atoms with Crippen LogP contribution >= 0.6 is 11.6 Å². The third-order valence-electron chi connectivity index (χ3n) is 9.00. The van der Waals surface area contributed by atoms with Gasteiger partial charge in [0.1, 0.15) is 17.9 Å². The number of piperazine rings is 1. The number of ether oxygens (including phenoxy) is 1. The predicted molar refractivity (Wildman–Crippen MR) is 178 cm³/mol. The molecule has 1 N–H and O–H groups in total. The molecule has 2 unspecified atom stereocenters. The third kappa shape index (κ3) is 5.21. The maximum atomic E-state index is 17.5. The number of hydrogen-bond acceptors (Lipinski definition) is 7. The minimum absolute atomic E-state index is 0.000850. The average Bonchev–Trinajstić information content (AvgIpc) is 3.21. The summed E-state index contributed by atoms with van der Waals surface area (Å²) in [4.78, 5) is 40.4. The Morgan fingerprint density at radius 1 is 1.11 bits per heavy atom. The summed E-state index contributed by atoms with van der Waals surface area (Å²) in [6.07, 6.45) is 3.17. The smallest absolute Gasteiger partial charge is 0.300 e. The number of phenols is 1. The van der Waals surface area contributed by atoms with Crippen LogP contribution in [0.1, 0.15) is 64.3 Å². The van der Waals surface area contributed by atoms with E-state index in [2.05, 4.69) is 16.5 Å². The number of rotatable bonds is 5. The molecule has 2 aliphatic rings. The van der Waals surface area contributed by atoms with Gasteiger partial charge >= 0.3 is 0 Å². The van der Waals surface area contributed by atoms with E-state index in [0.29, 0.717) is 42.3 Å². The van der Waals surface area contributed by atoms with Gasteiger partial charge in [-0.05, 0) is 43.0 Å². The summed E-state index contributed by atoms with van der Waals surface area (Å²) in [6, 6.07) is 4.58. The fourth-order valence-corrected chi connectivity index (χ4v) is 7.10. The number of benzene rings is 2. The number of aromatic nitrogens is 3. The van der Waals surface area contributed by atoms with Crippen molar-refractivity contribution in [1.29, 1.82) is 0 Å². The Bertz CT molecular complexity index is 1950. The van der Waals surface area contributed by atoms with E-state index in [0.717, 1.165) is 6.07 Å². The van der Waals surface area contributed by atoms with Gasteiger partial charge in [-0.15, -0.1) is 0 Å². The van der Waals surface area contributed by atoms with Crippen LogP contribution in [0.2, 0.25) is 5.02 Å². The van der Waals surface area contributed by atoms with Gasteiger partial charge in [0.25, 0.3) is 5.56 Å². The molecule has 47 heavy (non-hydrogen) atoms. The van der Waals surface area contributed by atoms with Crippen molar-refractivity contribution in [3.05, 3.63) is 81.6 Å². The van der Waals surface area contributed by atoms with E-state index in [1.165, 1.54) is 35.2 Å². The van der Waals surface area contributed by atoms with Crippen molar-refractivity contribution >= 4 is 34.1 Å². The van der Waals surface area contributed by atoms with Crippen molar-refractivity contribution in [2.45, 2.75) is 65.0 Å². The van der Waals surface area contributed by atoms with Gasteiger partial charge in [-0.3, -0.25) is 14.2 Å². The van der Waals surface area contributed by atoms with Crippen LogP contribution in [0.15, 0.2) is 48.0 Å². The van der Waals surface area contributed by atoms with E-state index in [-0.39, 0.29) is 58.1 Å². The summed E-state index contributed by atoms with van der Waals surface area (Å²) >= 11 is 6.81. The lowest BCUT2D eigenvalue weighted by atomic mass is 9.96. The van der Waals surface area contributed by atoms with Gasteiger partial charge in [-0.2, -0.15) is 0 Å². The van der Waals surface area contributed by atoms with Crippen LogP contribution in [0.4, 0.5) is 14.5 Å². The zero-order chi connectivity index (χ0) is 33.9. The highest BCUT2D eigenvalue weighted by atomic mass is 35.5. The lowest BCUT2D eigenvalue weighted by molar-refractivity contribution is -0.129. The molecule has 0 saturated carbocycles. The second-order valence-corrected chi connectivity index (χ2v) is 13.1. The Hall–Kier alpha value is -4.51. The molecule has 246 valence electrons. The molecule has 2 aromatic carbocycles. The first-order valence-corrected chi connectivity index (χ1v) is 16.0. The van der Waals surface area contributed by atoms with E-state index in [1.807, 2.05) is 39.5 Å². The number of pyridine rings is 1. The average molecular weight is 664 g/mol. The minimum atomic E-state index is -1.00. The van der Waals surface area contributed by atoms with Crippen LogP contribution in [0, 0.1) is 11.6 Å². The van der Waals surface area contributed by atoms with Crippen molar-refractivity contribution in [3.63, 3.8) is 0 Å². The summed E-state index contributed by atoms with van der Waals surface area (Å²) in [6.45, 7) is 14.0. The second kappa shape index (κ2) is 12.3. The Balaban J connectivity index is 1.79. The van der Waals surface area contributed by atoms with E-state index in [1.54, 1.807) is 4.90 Å². The molecule has 12 heteroatoms. The predicted octanol–water partition coefficient (Wildman–Crippen LogP) is 6.71. The lowest BCUT2D eigenvalue weighted by Gasteiger charge is -2.45. The first kappa shape index (κ1) is 32.4. The first-order chi connectivity index (χ1) is 22.4. The molecular formula is C35H36ClF2N5O4. The van der Waals surface area contributed by atoms with Crippen molar-refractivity contribution < 1.29 is 23.4 Å². The summed E-state index contributed by atoms with van der Waals surface area (Å²) < 4.78 is 40.2. The number of anilines is 1. The molecule has 0 radical (unpaired) electrons. The van der Waals surface area contributed by atoms with Gasteiger partial charge in [0.05, 0.1) is 51.5 Å². The molecule has 1 amide bonds. The minimum Gasteiger partial charge on any atom is -0.507 e. The number of phenolic OH excluding ortho intramolecular Hbond substituents is 1. The SMILES string of the molecule is C=CC(=O)N1CC2CCOc3c(c4cc(Cl)c(-c5c(O)cccc5F)c(F)c4n(-c4c(C(C)C)ncnc4C(C)C)c3=O)N2CC1C. The molecule has 2 aromatic heterocycles. The Kier molecular flexibility index (Phi) is 8.46. The van der Waals surface area contributed by atoms with E-state index in [4.69, 9.17) is 16.3 Å². The summed E-state index contributed by atoms with van der Waals surface area (Å²) in [5.74, 6) is -3.00. The molecule has 4 aromatic rings. The number of fused-ring (bicyclic) bond motifs is 5. The zero-order valence-electron chi connectivity index (χ0n) is 26.9. The van der Waals surface area contributed by atoms with E-state index < -0.39 is 34.1 Å². The van der Waals surface area contributed by atoms with Gasteiger partial charge in [0.15, 0.2) is 5.82 Å². The largest absolute Gasteiger partial charge is 0.507 e. The molecule has 6 rings (SSSR count). The molecule has 2 aliphatic heterocycles. The number of aromatic hydroxyl groups is 1. The summed E-state index contributed by atoms with van der Waals surface area (Å²) in [5.41, 5.74) is 0.00628. The number of carbonyl (C=O) groups is 1. The Morgan fingerprint density at radius 3 is 2.40 bits per heavy atom. The summed E-state index contributed by atoms with van der Waals surface area (Å²) in [7, 11) is 0. The number of hydrogen-bond donors (Lipinski definition) is 1. The number of halogens is 3. The molecule has 0 aliphatic carbocycles. The molecule has 9 nitrogen and oxygen atoms in total. The van der Waals surface area contributed by atoms with Crippen molar-refractivity contribution in [2.75, 3.05) is 24.6 Å². The van der Waals surface area contributed by atoms with Crippen molar-refractivity contribution in [1.82, 2.24) is 19.4 Å². The maximum absolute atomic E-state index is 17.5. The monoisotopic (exact) mass is 663 g/mol. The van der Waals surface area contributed by atoms with Crippen LogP contribution < -0.4 is 15.2 Å². The lowest BCUT2D eigenvalue weighted by Crippen LogP contribution is -2.59. The second-order valence-electron chi connectivity index (χ2n) is 12.7. The van der Waals surface area contributed by atoms with E-state index >= 15 is 8.78 Å². The maximum Gasteiger partial charge on any atom is 0.300 e. The highest BCUT2D eigenvalue weighted by Crippen LogP contribution is 2.47. The fourth-order valence-electron chi connectivity index (χ4n) is 6.81. The topological polar surface area (TPSA) is 101 Å². The number of carbonyl (C=O) groups excluding carboxylic acids is 1. The van der Waals surface area contributed by atoms with Crippen molar-refractivity contribution in [2.24, 2.45) is 0 Å². The molecule has 1 saturated heterocycles. The van der Waals surface area contributed by atoms with Gasteiger partial charge in [0, 0.05) is 36.5 Å². The number of amides is 1. The fraction of sp³-hybridized carbons (Fsp3) is 0.371. The van der Waals surface area contributed by atoms with Crippen LogP contribution in [0.5, 0.6) is 11.5 Å². The highest BCUT2D eigenvalue weighted by Gasteiger charge is 2.40. The third-order valence-corrected chi connectivity index (χ3v) is 9.30. The normalized spacial score (nSPS) is 17.8. The molecule has 0 spiro atoms. The van der Waals surface area contributed by atoms with Crippen molar-refractivity contribution in [3.8, 4) is 28.3 Å². The zero-order valence-corrected chi connectivity index (χ0v) is 27.6.